The van der Waals surface area contributed by atoms with Gasteiger partial charge in [-0.3, -0.25) is 9.69 Å². The zero-order valence-corrected chi connectivity index (χ0v) is 14.9. The van der Waals surface area contributed by atoms with Gasteiger partial charge in [0.2, 0.25) is 5.91 Å². The van der Waals surface area contributed by atoms with Crippen LogP contribution in [0.15, 0.2) is 12.3 Å². The molecule has 2 heterocycles. The summed E-state index contributed by atoms with van der Waals surface area (Å²) < 4.78 is 14.3. The molecule has 1 fully saturated rings. The Labute approximate surface area is 146 Å². The maximum absolute atomic E-state index is 14.3. The molecule has 0 aliphatic carbocycles. The van der Waals surface area contributed by atoms with Crippen LogP contribution in [0.4, 0.5) is 4.39 Å². The first-order valence-corrected chi connectivity index (χ1v) is 8.89. The van der Waals surface area contributed by atoms with Gasteiger partial charge in [0.1, 0.15) is 5.82 Å². The molecule has 6 heteroatoms. The van der Waals surface area contributed by atoms with E-state index >= 15 is 0 Å². The van der Waals surface area contributed by atoms with E-state index in [1.807, 2.05) is 24.9 Å². The molecule has 1 aromatic heterocycles. The first-order chi connectivity index (χ1) is 11.5. The number of carbonyl (C=O) groups excluding carboxylic acids is 1. The number of halogens is 2. The van der Waals surface area contributed by atoms with E-state index in [-0.39, 0.29) is 16.7 Å². The van der Waals surface area contributed by atoms with Crippen LogP contribution in [0, 0.1) is 5.82 Å². The monoisotopic (exact) mass is 351 g/mol. The van der Waals surface area contributed by atoms with E-state index in [1.54, 1.807) is 0 Å². The van der Waals surface area contributed by atoms with Gasteiger partial charge in [0.15, 0.2) is 0 Å². The lowest BCUT2D eigenvalue weighted by molar-refractivity contribution is -0.132. The highest BCUT2D eigenvalue weighted by Crippen LogP contribution is 2.32. The van der Waals surface area contributed by atoms with E-state index in [1.165, 1.54) is 6.07 Å². The lowest BCUT2D eigenvalue weighted by atomic mass is 10.1. The second-order valence-corrected chi connectivity index (χ2v) is 6.64. The van der Waals surface area contributed by atoms with Gasteiger partial charge in [-0.1, -0.05) is 25.4 Å². The van der Waals surface area contributed by atoms with Crippen molar-refractivity contribution in [1.29, 1.82) is 0 Å². The zero-order chi connectivity index (χ0) is 17.3. The number of benzene rings is 1. The van der Waals surface area contributed by atoms with Gasteiger partial charge in [0, 0.05) is 50.7 Å². The van der Waals surface area contributed by atoms with Crippen LogP contribution in [0.3, 0.4) is 0 Å². The lowest BCUT2D eigenvalue weighted by Gasteiger charge is -2.34. The Morgan fingerprint density at radius 3 is 2.58 bits per heavy atom. The average molecular weight is 352 g/mol. The first-order valence-electron chi connectivity index (χ1n) is 8.52. The molecule has 1 aromatic carbocycles. The summed E-state index contributed by atoms with van der Waals surface area (Å²) >= 11 is 6.18. The third kappa shape index (κ3) is 3.15. The van der Waals surface area contributed by atoms with E-state index in [0.29, 0.717) is 13.0 Å². The minimum Gasteiger partial charge on any atom is -0.361 e. The number of hydrogen-bond acceptors (Lipinski definition) is 2. The summed E-state index contributed by atoms with van der Waals surface area (Å²) in [5, 5.41) is 0.999. The molecule has 1 aliphatic heterocycles. The summed E-state index contributed by atoms with van der Waals surface area (Å²) in [4.78, 5) is 19.2. The number of aromatic nitrogens is 1. The molecule has 0 unspecified atom stereocenters. The second-order valence-electron chi connectivity index (χ2n) is 6.26. The van der Waals surface area contributed by atoms with Gasteiger partial charge in [-0.2, -0.15) is 0 Å². The normalized spacial score (nSPS) is 16.1. The first kappa shape index (κ1) is 17.2. The molecule has 1 aliphatic rings. The molecular formula is C18H23ClFN3O. The average Bonchev–Trinajstić information content (AvgIpc) is 3.04. The molecule has 130 valence electrons. The van der Waals surface area contributed by atoms with Gasteiger partial charge in [0.25, 0.3) is 0 Å². The number of nitrogens with zero attached hydrogens (tertiary/aromatic N) is 2. The third-order valence-electron chi connectivity index (χ3n) is 4.82. The maximum atomic E-state index is 14.3. The number of amides is 1. The molecule has 0 spiro atoms. The summed E-state index contributed by atoms with van der Waals surface area (Å²) in [6.07, 6.45) is 3.27. The lowest BCUT2D eigenvalue weighted by Crippen LogP contribution is -2.48. The fraction of sp³-hybridized carbons (Fsp3) is 0.500. The molecule has 4 nitrogen and oxygen atoms in total. The molecule has 2 aromatic rings. The van der Waals surface area contributed by atoms with Crippen molar-refractivity contribution in [3.8, 4) is 0 Å². The van der Waals surface area contributed by atoms with E-state index < -0.39 is 0 Å². The predicted molar refractivity (Wildman–Crippen MR) is 94.8 cm³/mol. The fourth-order valence-corrected chi connectivity index (χ4v) is 3.67. The smallest absolute Gasteiger partial charge is 0.222 e. The highest BCUT2D eigenvalue weighted by atomic mass is 35.5. The van der Waals surface area contributed by atoms with E-state index in [0.717, 1.165) is 54.6 Å². The Kier molecular flexibility index (Phi) is 5.11. The number of H-pyrrole nitrogens is 1. The van der Waals surface area contributed by atoms with Gasteiger partial charge >= 0.3 is 0 Å². The second kappa shape index (κ2) is 7.11. The molecule has 24 heavy (non-hydrogen) atoms. The number of nitrogens with one attached hydrogen (secondary N) is 1. The van der Waals surface area contributed by atoms with Crippen LogP contribution in [0.2, 0.25) is 5.02 Å². The highest BCUT2D eigenvalue weighted by molar-refractivity contribution is 6.36. The van der Waals surface area contributed by atoms with Crippen molar-refractivity contribution in [2.24, 2.45) is 0 Å². The SMILES string of the molecule is CCC(=O)N1CCN(Cc2cc(F)c(Cl)c3c(CC)c[nH]c23)CC1. The molecule has 0 saturated carbocycles. The number of carbonyl (C=O) groups is 1. The van der Waals surface area contributed by atoms with Crippen LogP contribution in [0.1, 0.15) is 31.4 Å². The van der Waals surface area contributed by atoms with Crippen LogP contribution in [0.5, 0.6) is 0 Å². The van der Waals surface area contributed by atoms with Crippen molar-refractivity contribution in [2.75, 3.05) is 26.2 Å². The van der Waals surface area contributed by atoms with Crippen LogP contribution in [0.25, 0.3) is 10.9 Å². The Balaban J connectivity index is 1.80. The number of aromatic amines is 1. The summed E-state index contributed by atoms with van der Waals surface area (Å²) in [6.45, 7) is 7.65. The summed E-state index contributed by atoms with van der Waals surface area (Å²) in [5.41, 5.74) is 2.88. The fourth-order valence-electron chi connectivity index (χ4n) is 3.40. The van der Waals surface area contributed by atoms with Crippen LogP contribution >= 0.6 is 11.6 Å². The van der Waals surface area contributed by atoms with Crippen molar-refractivity contribution in [2.45, 2.75) is 33.2 Å². The molecular weight excluding hydrogens is 329 g/mol. The molecule has 3 rings (SSSR count). The third-order valence-corrected chi connectivity index (χ3v) is 5.18. The zero-order valence-electron chi connectivity index (χ0n) is 14.2. The van der Waals surface area contributed by atoms with E-state index in [4.69, 9.17) is 11.6 Å². The van der Waals surface area contributed by atoms with Gasteiger partial charge in [0.05, 0.1) is 10.5 Å². The standard InChI is InChI=1S/C18H23ClFN3O/c1-3-12-10-21-18-13(9-14(20)17(19)16(12)18)11-22-5-7-23(8-6-22)15(24)4-2/h9-10,21H,3-8,11H2,1-2H3. The van der Waals surface area contributed by atoms with Crippen molar-refractivity contribution >= 4 is 28.4 Å². The topological polar surface area (TPSA) is 39.3 Å². The Morgan fingerprint density at radius 1 is 1.25 bits per heavy atom. The van der Waals surface area contributed by atoms with Gasteiger partial charge in [-0.25, -0.2) is 4.39 Å². The molecule has 0 bridgehead atoms. The van der Waals surface area contributed by atoms with Crippen LogP contribution in [-0.4, -0.2) is 46.9 Å². The van der Waals surface area contributed by atoms with Crippen LogP contribution in [-0.2, 0) is 17.8 Å². The molecule has 1 saturated heterocycles. The molecule has 0 radical (unpaired) electrons. The highest BCUT2D eigenvalue weighted by Gasteiger charge is 2.22. The summed E-state index contributed by atoms with van der Waals surface area (Å²) in [6, 6.07) is 1.53. The Morgan fingerprint density at radius 2 is 1.96 bits per heavy atom. The van der Waals surface area contributed by atoms with Crippen molar-refractivity contribution in [3.63, 3.8) is 0 Å². The van der Waals surface area contributed by atoms with Gasteiger partial charge in [-0.05, 0) is 23.6 Å². The van der Waals surface area contributed by atoms with E-state index in [9.17, 15) is 9.18 Å². The van der Waals surface area contributed by atoms with Crippen molar-refractivity contribution in [1.82, 2.24) is 14.8 Å². The molecule has 1 N–H and O–H groups in total. The van der Waals surface area contributed by atoms with Crippen molar-refractivity contribution < 1.29 is 9.18 Å². The number of aryl methyl sites for hydroxylation is 1. The minimum absolute atomic E-state index is 0.199. The predicted octanol–water partition coefficient (Wildman–Crippen LogP) is 3.58. The van der Waals surface area contributed by atoms with Crippen LogP contribution < -0.4 is 0 Å². The number of hydrogen-bond donors (Lipinski definition) is 1. The largest absolute Gasteiger partial charge is 0.361 e. The quantitative estimate of drug-likeness (QED) is 0.914. The van der Waals surface area contributed by atoms with Crippen molar-refractivity contribution in [3.05, 3.63) is 34.2 Å². The van der Waals surface area contributed by atoms with Gasteiger partial charge in [-0.15, -0.1) is 0 Å². The number of piperazine rings is 1. The summed E-state index contributed by atoms with van der Waals surface area (Å²) in [7, 11) is 0. The molecule has 1 amide bonds. The van der Waals surface area contributed by atoms with Gasteiger partial charge < -0.3 is 9.88 Å². The maximum Gasteiger partial charge on any atom is 0.222 e. The Bertz CT molecular complexity index is 750. The Hall–Kier alpha value is -1.59. The minimum atomic E-state index is -0.367. The summed E-state index contributed by atoms with van der Waals surface area (Å²) in [5.74, 6) is -0.167. The van der Waals surface area contributed by atoms with E-state index in [2.05, 4.69) is 9.88 Å². The number of rotatable bonds is 4. The number of fused-ring (bicyclic) bond motifs is 1. The molecule has 0 atom stereocenters.